The molecule has 4 amide bonds. The minimum Gasteiger partial charge on any atom is -0.483 e. The number of carboxylic acid groups (broad SMARTS) is 1. The first-order chi connectivity index (χ1) is 14.3. The number of carbonyl (C=O) groups is 4. The number of nitrogens with zero attached hydrogens (tertiary/aromatic N) is 1. The molecule has 30 heavy (non-hydrogen) atoms. The SMILES string of the molecule is Cc1ccc(NC(=O)COc2ccccc2/C=C2/NC(=O)N(CC(=O)O)C2=O)cc1. The lowest BCUT2D eigenvalue weighted by molar-refractivity contribution is -0.140. The Morgan fingerprint density at radius 3 is 2.53 bits per heavy atom. The average Bonchev–Trinajstić information content (AvgIpc) is 2.96. The number of amides is 4. The van der Waals surface area contributed by atoms with E-state index in [1.807, 2.05) is 19.1 Å². The number of carboxylic acids is 1. The van der Waals surface area contributed by atoms with Crippen LogP contribution in [0.5, 0.6) is 5.75 Å². The van der Waals surface area contributed by atoms with E-state index in [1.165, 1.54) is 6.08 Å². The molecule has 9 heteroatoms. The molecule has 1 fully saturated rings. The lowest BCUT2D eigenvalue weighted by atomic mass is 10.1. The summed E-state index contributed by atoms with van der Waals surface area (Å²) in [6, 6.07) is 13.1. The van der Waals surface area contributed by atoms with Crippen molar-refractivity contribution in [3.05, 3.63) is 65.4 Å². The lowest BCUT2D eigenvalue weighted by Crippen LogP contribution is -2.35. The molecule has 1 heterocycles. The molecule has 0 aliphatic carbocycles. The first-order valence-corrected chi connectivity index (χ1v) is 8.98. The highest BCUT2D eigenvalue weighted by molar-refractivity contribution is 6.15. The van der Waals surface area contributed by atoms with E-state index in [-0.39, 0.29) is 18.2 Å². The number of imide groups is 1. The summed E-state index contributed by atoms with van der Waals surface area (Å²) in [6.07, 6.45) is 1.37. The summed E-state index contributed by atoms with van der Waals surface area (Å²) in [5.41, 5.74) is 2.08. The van der Waals surface area contributed by atoms with Crippen LogP contribution in [-0.2, 0) is 14.4 Å². The van der Waals surface area contributed by atoms with E-state index in [0.29, 0.717) is 21.9 Å². The molecule has 0 spiro atoms. The third kappa shape index (κ3) is 5.02. The van der Waals surface area contributed by atoms with Gasteiger partial charge in [0.2, 0.25) is 0 Å². The summed E-state index contributed by atoms with van der Waals surface area (Å²) in [7, 11) is 0. The maximum atomic E-state index is 12.3. The Bertz CT molecular complexity index is 1030. The summed E-state index contributed by atoms with van der Waals surface area (Å²) in [5, 5.41) is 13.9. The average molecular weight is 409 g/mol. The number of rotatable bonds is 7. The number of aryl methyl sites for hydroxylation is 1. The molecule has 154 valence electrons. The number of para-hydroxylation sites is 1. The normalized spacial score (nSPS) is 14.6. The lowest BCUT2D eigenvalue weighted by Gasteiger charge is -2.10. The number of anilines is 1. The number of carbonyl (C=O) groups excluding carboxylic acids is 3. The Labute approximate surface area is 171 Å². The van der Waals surface area contributed by atoms with Gasteiger partial charge in [0.1, 0.15) is 18.0 Å². The molecule has 2 aromatic carbocycles. The highest BCUT2D eigenvalue weighted by atomic mass is 16.5. The van der Waals surface area contributed by atoms with Crippen molar-refractivity contribution in [3.63, 3.8) is 0 Å². The molecule has 0 saturated carbocycles. The molecule has 1 aliphatic heterocycles. The summed E-state index contributed by atoms with van der Waals surface area (Å²) in [5.74, 6) is -2.10. The summed E-state index contributed by atoms with van der Waals surface area (Å²) >= 11 is 0. The van der Waals surface area contributed by atoms with Gasteiger partial charge in [0.05, 0.1) is 0 Å². The van der Waals surface area contributed by atoms with Crippen molar-refractivity contribution in [1.82, 2.24) is 10.2 Å². The topological polar surface area (TPSA) is 125 Å². The van der Waals surface area contributed by atoms with Crippen LogP contribution >= 0.6 is 0 Å². The zero-order valence-electron chi connectivity index (χ0n) is 16.0. The number of hydrogen-bond donors (Lipinski definition) is 3. The third-order valence-corrected chi connectivity index (χ3v) is 4.17. The Balaban J connectivity index is 1.69. The van der Waals surface area contributed by atoms with Gasteiger partial charge < -0.3 is 20.5 Å². The smallest absolute Gasteiger partial charge is 0.329 e. The maximum Gasteiger partial charge on any atom is 0.329 e. The van der Waals surface area contributed by atoms with Crippen LogP contribution in [0.4, 0.5) is 10.5 Å². The summed E-state index contributed by atoms with van der Waals surface area (Å²) < 4.78 is 5.57. The van der Waals surface area contributed by atoms with Gasteiger partial charge >= 0.3 is 12.0 Å². The minimum absolute atomic E-state index is 0.0820. The van der Waals surface area contributed by atoms with E-state index >= 15 is 0 Å². The number of urea groups is 1. The van der Waals surface area contributed by atoms with Gasteiger partial charge in [0, 0.05) is 11.3 Å². The highest BCUT2D eigenvalue weighted by Crippen LogP contribution is 2.23. The fraction of sp³-hybridized carbons (Fsp3) is 0.143. The molecular formula is C21H19N3O6. The van der Waals surface area contributed by atoms with Crippen molar-refractivity contribution in [2.24, 2.45) is 0 Å². The van der Waals surface area contributed by atoms with E-state index in [4.69, 9.17) is 9.84 Å². The molecule has 0 radical (unpaired) electrons. The van der Waals surface area contributed by atoms with Crippen molar-refractivity contribution in [2.45, 2.75) is 6.92 Å². The van der Waals surface area contributed by atoms with Crippen LogP contribution in [0.2, 0.25) is 0 Å². The second-order valence-electron chi connectivity index (χ2n) is 6.51. The zero-order chi connectivity index (χ0) is 21.7. The van der Waals surface area contributed by atoms with Gasteiger partial charge in [-0.2, -0.15) is 0 Å². The molecule has 3 rings (SSSR count). The van der Waals surface area contributed by atoms with Crippen LogP contribution in [0.25, 0.3) is 6.08 Å². The molecule has 1 saturated heterocycles. The van der Waals surface area contributed by atoms with Crippen molar-refractivity contribution < 1.29 is 29.0 Å². The van der Waals surface area contributed by atoms with Crippen LogP contribution < -0.4 is 15.4 Å². The predicted molar refractivity (Wildman–Crippen MR) is 108 cm³/mol. The van der Waals surface area contributed by atoms with Crippen molar-refractivity contribution in [2.75, 3.05) is 18.5 Å². The monoisotopic (exact) mass is 409 g/mol. The molecule has 2 aromatic rings. The Hall–Kier alpha value is -4.14. The summed E-state index contributed by atoms with van der Waals surface area (Å²) in [4.78, 5) is 47.6. The van der Waals surface area contributed by atoms with Gasteiger partial charge in [0.25, 0.3) is 11.8 Å². The van der Waals surface area contributed by atoms with Crippen molar-refractivity contribution in [3.8, 4) is 5.75 Å². The molecule has 0 aromatic heterocycles. The van der Waals surface area contributed by atoms with Crippen LogP contribution in [0.3, 0.4) is 0 Å². The quantitative estimate of drug-likeness (QED) is 0.474. The largest absolute Gasteiger partial charge is 0.483 e. The van der Waals surface area contributed by atoms with Gasteiger partial charge in [-0.15, -0.1) is 0 Å². The van der Waals surface area contributed by atoms with Gasteiger partial charge in [-0.25, -0.2) is 9.69 Å². The van der Waals surface area contributed by atoms with Gasteiger partial charge in [-0.1, -0.05) is 35.9 Å². The van der Waals surface area contributed by atoms with E-state index in [1.54, 1.807) is 36.4 Å². The van der Waals surface area contributed by atoms with Gasteiger partial charge in [-0.3, -0.25) is 14.4 Å². The highest BCUT2D eigenvalue weighted by Gasteiger charge is 2.35. The van der Waals surface area contributed by atoms with Crippen molar-refractivity contribution >= 4 is 35.6 Å². The second-order valence-corrected chi connectivity index (χ2v) is 6.51. The first-order valence-electron chi connectivity index (χ1n) is 8.98. The number of nitrogens with one attached hydrogen (secondary N) is 2. The van der Waals surface area contributed by atoms with E-state index in [0.717, 1.165) is 5.56 Å². The summed E-state index contributed by atoms with van der Waals surface area (Å²) in [6.45, 7) is 0.942. The molecular weight excluding hydrogens is 390 g/mol. The molecule has 1 aliphatic rings. The van der Waals surface area contributed by atoms with E-state index in [2.05, 4.69) is 10.6 Å². The third-order valence-electron chi connectivity index (χ3n) is 4.17. The molecule has 0 unspecified atom stereocenters. The standard InChI is InChI=1S/C21H19N3O6/c1-13-6-8-15(9-7-13)22-18(25)12-30-17-5-3-2-4-14(17)10-16-20(28)24(11-19(26)27)21(29)23-16/h2-10H,11-12H2,1H3,(H,22,25)(H,23,29)(H,26,27)/b16-10+. The zero-order valence-corrected chi connectivity index (χ0v) is 16.0. The maximum absolute atomic E-state index is 12.3. The minimum atomic E-state index is -1.30. The fourth-order valence-electron chi connectivity index (χ4n) is 2.71. The predicted octanol–water partition coefficient (Wildman–Crippen LogP) is 1.99. The van der Waals surface area contributed by atoms with Crippen LogP contribution in [0, 0.1) is 6.92 Å². The fourth-order valence-corrected chi connectivity index (χ4v) is 2.71. The van der Waals surface area contributed by atoms with Crippen LogP contribution in [0.1, 0.15) is 11.1 Å². The molecule has 0 atom stereocenters. The van der Waals surface area contributed by atoms with Gasteiger partial charge in [0.15, 0.2) is 6.61 Å². The molecule has 3 N–H and O–H groups in total. The van der Waals surface area contributed by atoms with Crippen LogP contribution in [-0.4, -0.2) is 47.0 Å². The first kappa shape index (κ1) is 20.6. The Morgan fingerprint density at radius 2 is 1.83 bits per heavy atom. The Kier molecular flexibility index (Phi) is 6.11. The van der Waals surface area contributed by atoms with E-state index < -0.39 is 24.5 Å². The number of aliphatic carboxylic acids is 1. The van der Waals surface area contributed by atoms with Crippen molar-refractivity contribution in [1.29, 1.82) is 0 Å². The van der Waals surface area contributed by atoms with E-state index in [9.17, 15) is 19.2 Å². The second kappa shape index (κ2) is 8.91. The number of hydrogen-bond acceptors (Lipinski definition) is 5. The Morgan fingerprint density at radius 1 is 1.13 bits per heavy atom. The van der Waals surface area contributed by atoms with Crippen LogP contribution in [0.15, 0.2) is 54.2 Å². The number of benzene rings is 2. The molecule has 9 nitrogen and oxygen atoms in total. The van der Waals surface area contributed by atoms with Gasteiger partial charge in [-0.05, 0) is 31.2 Å². The number of ether oxygens (including phenoxy) is 1. The molecule has 0 bridgehead atoms.